The van der Waals surface area contributed by atoms with Gasteiger partial charge in [0.25, 0.3) is 0 Å². The fraction of sp³-hybridized carbons (Fsp3) is 0.429. The SMILES string of the molecule is C/C(=N\Nc1nc(N2CCCC2)nc(N2CCCC2)n1)c1c[nH]c2ccccc12. The summed E-state index contributed by atoms with van der Waals surface area (Å²) in [4.78, 5) is 21.8. The molecule has 1 aromatic carbocycles. The molecule has 5 rings (SSSR count). The number of anilines is 3. The van der Waals surface area contributed by atoms with E-state index in [-0.39, 0.29) is 0 Å². The Labute approximate surface area is 170 Å². The van der Waals surface area contributed by atoms with Gasteiger partial charge < -0.3 is 14.8 Å². The summed E-state index contributed by atoms with van der Waals surface area (Å²) in [6, 6.07) is 8.23. The zero-order valence-electron chi connectivity index (χ0n) is 16.7. The Balaban J connectivity index is 1.44. The number of aromatic amines is 1. The van der Waals surface area contributed by atoms with Crippen molar-refractivity contribution in [2.75, 3.05) is 41.4 Å². The molecule has 8 nitrogen and oxygen atoms in total. The molecule has 2 N–H and O–H groups in total. The lowest BCUT2D eigenvalue weighted by Gasteiger charge is -2.20. The van der Waals surface area contributed by atoms with E-state index in [2.05, 4.69) is 47.4 Å². The molecule has 0 spiro atoms. The lowest BCUT2D eigenvalue weighted by molar-refractivity contribution is 0.838. The average molecular weight is 390 g/mol. The molecule has 2 aromatic heterocycles. The molecule has 2 fully saturated rings. The first-order valence-electron chi connectivity index (χ1n) is 10.4. The molecule has 0 atom stereocenters. The van der Waals surface area contributed by atoms with Crippen LogP contribution in [0, 0.1) is 0 Å². The molecular weight excluding hydrogens is 364 g/mol. The molecule has 2 aliphatic heterocycles. The molecule has 2 saturated heterocycles. The van der Waals surface area contributed by atoms with Gasteiger partial charge in [0.15, 0.2) is 0 Å². The van der Waals surface area contributed by atoms with E-state index in [1.165, 1.54) is 25.7 Å². The highest BCUT2D eigenvalue weighted by Crippen LogP contribution is 2.23. The van der Waals surface area contributed by atoms with Crippen molar-refractivity contribution in [2.45, 2.75) is 32.6 Å². The first kappa shape index (κ1) is 17.9. The van der Waals surface area contributed by atoms with Crippen LogP contribution in [-0.4, -0.2) is 51.8 Å². The predicted molar refractivity (Wildman–Crippen MR) is 117 cm³/mol. The van der Waals surface area contributed by atoms with Crippen LogP contribution in [0.1, 0.15) is 38.2 Å². The summed E-state index contributed by atoms with van der Waals surface area (Å²) >= 11 is 0. The topological polar surface area (TPSA) is 85.3 Å². The van der Waals surface area contributed by atoms with Crippen LogP contribution in [0.25, 0.3) is 10.9 Å². The van der Waals surface area contributed by atoms with Gasteiger partial charge in [-0.15, -0.1) is 0 Å². The molecule has 0 unspecified atom stereocenters. The Bertz CT molecular complexity index is 994. The summed E-state index contributed by atoms with van der Waals surface area (Å²) in [6.45, 7) is 5.99. The number of hydrogen-bond acceptors (Lipinski definition) is 7. The lowest BCUT2D eigenvalue weighted by Crippen LogP contribution is -2.25. The Morgan fingerprint density at radius 2 is 1.55 bits per heavy atom. The van der Waals surface area contributed by atoms with E-state index >= 15 is 0 Å². The number of H-pyrrole nitrogens is 1. The molecule has 0 aliphatic carbocycles. The third kappa shape index (κ3) is 3.62. The predicted octanol–water partition coefficient (Wildman–Crippen LogP) is 3.39. The molecule has 8 heteroatoms. The maximum Gasteiger partial charge on any atom is 0.250 e. The van der Waals surface area contributed by atoms with E-state index in [1.807, 2.05) is 25.3 Å². The highest BCUT2D eigenvalue weighted by molar-refractivity contribution is 6.09. The Morgan fingerprint density at radius 3 is 2.21 bits per heavy atom. The lowest BCUT2D eigenvalue weighted by atomic mass is 10.1. The first-order valence-corrected chi connectivity index (χ1v) is 10.4. The number of benzene rings is 1. The molecule has 29 heavy (non-hydrogen) atoms. The van der Waals surface area contributed by atoms with Crippen molar-refractivity contribution in [3.05, 3.63) is 36.0 Å². The summed E-state index contributed by atoms with van der Waals surface area (Å²) in [5, 5.41) is 5.73. The number of fused-ring (bicyclic) bond motifs is 1. The third-order valence-corrected chi connectivity index (χ3v) is 5.69. The van der Waals surface area contributed by atoms with Crippen LogP contribution in [0.4, 0.5) is 17.8 Å². The van der Waals surface area contributed by atoms with Crippen LogP contribution in [-0.2, 0) is 0 Å². The number of hydrogen-bond donors (Lipinski definition) is 2. The quantitative estimate of drug-likeness (QED) is 0.513. The number of hydrazone groups is 1. The van der Waals surface area contributed by atoms with Crippen molar-refractivity contribution in [3.63, 3.8) is 0 Å². The van der Waals surface area contributed by atoms with Crippen LogP contribution in [0.5, 0.6) is 0 Å². The van der Waals surface area contributed by atoms with Gasteiger partial charge in [-0.1, -0.05) is 18.2 Å². The largest absolute Gasteiger partial charge is 0.360 e. The van der Waals surface area contributed by atoms with Crippen molar-refractivity contribution < 1.29 is 0 Å². The molecule has 150 valence electrons. The molecule has 0 bridgehead atoms. The van der Waals surface area contributed by atoms with Gasteiger partial charge in [0.1, 0.15) is 0 Å². The molecule has 3 aromatic rings. The fourth-order valence-electron chi connectivity index (χ4n) is 4.09. The minimum atomic E-state index is 0.503. The van der Waals surface area contributed by atoms with E-state index in [9.17, 15) is 0 Å². The first-order chi connectivity index (χ1) is 14.3. The number of rotatable bonds is 5. The molecular formula is C21H26N8. The van der Waals surface area contributed by atoms with Crippen molar-refractivity contribution >= 4 is 34.5 Å². The smallest absolute Gasteiger partial charge is 0.250 e. The molecule has 0 saturated carbocycles. The summed E-state index contributed by atoms with van der Waals surface area (Å²) in [5.74, 6) is 2.01. The van der Waals surface area contributed by atoms with Crippen LogP contribution in [0.2, 0.25) is 0 Å². The second-order valence-corrected chi connectivity index (χ2v) is 7.70. The van der Waals surface area contributed by atoms with Gasteiger partial charge in [-0.2, -0.15) is 20.1 Å². The third-order valence-electron chi connectivity index (χ3n) is 5.69. The number of aromatic nitrogens is 4. The van der Waals surface area contributed by atoms with Gasteiger partial charge in [0, 0.05) is 48.8 Å². The summed E-state index contributed by atoms with van der Waals surface area (Å²) in [6.07, 6.45) is 6.73. The number of para-hydroxylation sites is 1. The van der Waals surface area contributed by atoms with Crippen molar-refractivity contribution in [3.8, 4) is 0 Å². The van der Waals surface area contributed by atoms with Crippen LogP contribution < -0.4 is 15.2 Å². The summed E-state index contributed by atoms with van der Waals surface area (Å²) in [5.41, 5.74) is 6.14. The molecule has 0 radical (unpaired) electrons. The van der Waals surface area contributed by atoms with Crippen molar-refractivity contribution in [1.29, 1.82) is 0 Å². The average Bonchev–Trinajstić information content (AvgIpc) is 3.53. The highest BCUT2D eigenvalue weighted by Gasteiger charge is 2.21. The minimum absolute atomic E-state index is 0.503. The summed E-state index contributed by atoms with van der Waals surface area (Å²) in [7, 11) is 0. The van der Waals surface area contributed by atoms with Gasteiger partial charge in [0.05, 0.1) is 5.71 Å². The molecule has 4 heterocycles. The zero-order valence-corrected chi connectivity index (χ0v) is 16.7. The monoisotopic (exact) mass is 390 g/mol. The normalized spacial score (nSPS) is 17.5. The highest BCUT2D eigenvalue weighted by atomic mass is 15.4. The molecule has 0 amide bonds. The van der Waals surface area contributed by atoms with Gasteiger partial charge in [-0.25, -0.2) is 5.43 Å². The van der Waals surface area contributed by atoms with Gasteiger partial charge >= 0.3 is 0 Å². The van der Waals surface area contributed by atoms with E-state index in [0.717, 1.165) is 60.3 Å². The second kappa shape index (κ2) is 7.69. The number of nitrogens with zero attached hydrogens (tertiary/aromatic N) is 6. The van der Waals surface area contributed by atoms with Crippen LogP contribution in [0.15, 0.2) is 35.6 Å². The minimum Gasteiger partial charge on any atom is -0.360 e. The van der Waals surface area contributed by atoms with E-state index < -0.39 is 0 Å². The maximum absolute atomic E-state index is 4.75. The van der Waals surface area contributed by atoms with Crippen molar-refractivity contribution in [2.24, 2.45) is 5.10 Å². The second-order valence-electron chi connectivity index (χ2n) is 7.70. The maximum atomic E-state index is 4.75. The summed E-state index contributed by atoms with van der Waals surface area (Å²) < 4.78 is 0. The standard InChI is InChI=1S/C21H26N8/c1-15(17-14-22-18-9-3-2-8-16(17)18)26-27-19-23-20(28-10-4-5-11-28)25-21(24-19)29-12-6-7-13-29/h2-3,8-9,14,22H,4-7,10-13H2,1H3,(H,23,24,25,27)/b26-15+. The van der Waals surface area contributed by atoms with E-state index in [1.54, 1.807) is 0 Å². The fourth-order valence-corrected chi connectivity index (χ4v) is 4.09. The van der Waals surface area contributed by atoms with Gasteiger partial charge in [0.2, 0.25) is 17.8 Å². The number of nitrogens with one attached hydrogen (secondary N) is 2. The van der Waals surface area contributed by atoms with Gasteiger partial charge in [-0.05, 0) is 38.7 Å². The Morgan fingerprint density at radius 1 is 0.931 bits per heavy atom. The Kier molecular flexibility index (Phi) is 4.75. The van der Waals surface area contributed by atoms with E-state index in [0.29, 0.717) is 5.95 Å². The molecule has 2 aliphatic rings. The van der Waals surface area contributed by atoms with Crippen LogP contribution >= 0.6 is 0 Å². The van der Waals surface area contributed by atoms with Crippen LogP contribution in [0.3, 0.4) is 0 Å². The van der Waals surface area contributed by atoms with Crippen molar-refractivity contribution in [1.82, 2.24) is 19.9 Å². The zero-order chi connectivity index (χ0) is 19.6. The Hall–Kier alpha value is -3.16. The van der Waals surface area contributed by atoms with E-state index in [4.69, 9.17) is 4.98 Å². The van der Waals surface area contributed by atoms with Gasteiger partial charge in [-0.3, -0.25) is 0 Å².